The molecule has 0 radical (unpaired) electrons. The van der Waals surface area contributed by atoms with E-state index in [4.69, 9.17) is 14.2 Å². The molecule has 8 heteroatoms. The lowest BCUT2D eigenvalue weighted by atomic mass is 10.0. The summed E-state index contributed by atoms with van der Waals surface area (Å²) in [5, 5.41) is 5.75. The van der Waals surface area contributed by atoms with E-state index in [1.807, 2.05) is 0 Å². The topological polar surface area (TPSA) is 89.1 Å². The minimum absolute atomic E-state index is 0.183. The van der Waals surface area contributed by atoms with E-state index in [9.17, 15) is 9.59 Å². The van der Waals surface area contributed by atoms with Crippen LogP contribution in [0.5, 0.6) is 11.5 Å². The van der Waals surface area contributed by atoms with Crippen LogP contribution in [-0.2, 0) is 14.3 Å². The first kappa shape index (κ1) is 17.1. The zero-order valence-electron chi connectivity index (χ0n) is 14.6. The van der Waals surface area contributed by atoms with Crippen LogP contribution in [-0.4, -0.2) is 62.9 Å². The van der Waals surface area contributed by atoms with Crippen molar-refractivity contribution in [2.75, 3.05) is 51.5 Å². The van der Waals surface area contributed by atoms with Gasteiger partial charge in [0.2, 0.25) is 18.6 Å². The maximum Gasteiger partial charge on any atom is 0.240 e. The molecular formula is C18H23N3O5. The van der Waals surface area contributed by atoms with Crippen LogP contribution >= 0.6 is 0 Å². The number of rotatable bonds is 6. The fourth-order valence-corrected chi connectivity index (χ4v) is 3.23. The molecule has 140 valence electrons. The van der Waals surface area contributed by atoms with Crippen molar-refractivity contribution < 1.29 is 23.8 Å². The minimum Gasteiger partial charge on any atom is -0.454 e. The number of benzene rings is 1. The Morgan fingerprint density at radius 1 is 1.08 bits per heavy atom. The van der Waals surface area contributed by atoms with Gasteiger partial charge in [-0.15, -0.1) is 0 Å². The molecule has 1 saturated heterocycles. The Labute approximate surface area is 151 Å². The lowest BCUT2D eigenvalue weighted by Gasteiger charge is -2.26. The monoisotopic (exact) mass is 361 g/mol. The molecule has 0 unspecified atom stereocenters. The smallest absolute Gasteiger partial charge is 0.240 e. The van der Waals surface area contributed by atoms with Crippen molar-refractivity contribution in [2.45, 2.75) is 12.8 Å². The van der Waals surface area contributed by atoms with Crippen LogP contribution in [0.25, 0.3) is 0 Å². The highest BCUT2D eigenvalue weighted by Gasteiger charge is 2.56. The molecule has 0 aromatic heterocycles. The Hall–Kier alpha value is -2.32. The number of anilines is 1. The first-order valence-corrected chi connectivity index (χ1v) is 8.97. The van der Waals surface area contributed by atoms with E-state index < -0.39 is 5.41 Å². The van der Waals surface area contributed by atoms with Gasteiger partial charge < -0.3 is 24.8 Å². The third-order valence-corrected chi connectivity index (χ3v) is 5.07. The van der Waals surface area contributed by atoms with Gasteiger partial charge in [0.15, 0.2) is 11.5 Å². The Bertz CT molecular complexity index is 698. The van der Waals surface area contributed by atoms with Crippen molar-refractivity contribution in [1.82, 2.24) is 10.2 Å². The molecule has 1 aliphatic carbocycles. The fourth-order valence-electron chi connectivity index (χ4n) is 3.23. The standard InChI is InChI=1S/C18H23N3O5/c22-16(19-5-6-21-7-9-24-10-8-21)18(3-4-18)17(23)20-13-1-2-14-15(11-13)26-12-25-14/h1-2,11H,3-10,12H2,(H,19,22)(H,20,23). The number of carbonyl (C=O) groups is 2. The zero-order valence-corrected chi connectivity index (χ0v) is 14.6. The summed E-state index contributed by atoms with van der Waals surface area (Å²) in [4.78, 5) is 27.4. The molecule has 2 fully saturated rings. The van der Waals surface area contributed by atoms with Gasteiger partial charge in [0, 0.05) is 37.9 Å². The summed E-state index contributed by atoms with van der Waals surface area (Å²) >= 11 is 0. The summed E-state index contributed by atoms with van der Waals surface area (Å²) in [5.74, 6) is 0.803. The van der Waals surface area contributed by atoms with Gasteiger partial charge in [0.05, 0.1) is 13.2 Å². The largest absolute Gasteiger partial charge is 0.454 e. The van der Waals surface area contributed by atoms with E-state index in [2.05, 4.69) is 15.5 Å². The third-order valence-electron chi connectivity index (χ3n) is 5.07. The van der Waals surface area contributed by atoms with Gasteiger partial charge in [-0.3, -0.25) is 14.5 Å². The van der Waals surface area contributed by atoms with Crippen molar-refractivity contribution >= 4 is 17.5 Å². The molecule has 4 rings (SSSR count). The van der Waals surface area contributed by atoms with Crippen LogP contribution in [0.2, 0.25) is 0 Å². The third kappa shape index (κ3) is 3.47. The van der Waals surface area contributed by atoms with Crippen molar-refractivity contribution in [3.05, 3.63) is 18.2 Å². The first-order chi connectivity index (χ1) is 12.7. The SMILES string of the molecule is O=C(NCCN1CCOCC1)C1(C(=O)Nc2ccc3c(c2)OCO3)CC1. The molecule has 2 amide bonds. The summed E-state index contributed by atoms with van der Waals surface area (Å²) in [7, 11) is 0. The molecule has 0 bridgehead atoms. The first-order valence-electron chi connectivity index (χ1n) is 8.97. The van der Waals surface area contributed by atoms with E-state index in [1.54, 1.807) is 18.2 Å². The van der Waals surface area contributed by atoms with Gasteiger partial charge in [-0.05, 0) is 25.0 Å². The second kappa shape index (κ2) is 7.13. The molecule has 0 spiro atoms. The molecule has 1 aromatic carbocycles. The average molecular weight is 361 g/mol. The van der Waals surface area contributed by atoms with Crippen molar-refractivity contribution in [1.29, 1.82) is 0 Å². The summed E-state index contributed by atoms with van der Waals surface area (Å²) in [6, 6.07) is 5.21. The molecule has 2 N–H and O–H groups in total. The van der Waals surface area contributed by atoms with Gasteiger partial charge in [-0.1, -0.05) is 0 Å². The molecule has 2 aliphatic heterocycles. The fraction of sp³-hybridized carbons (Fsp3) is 0.556. The minimum atomic E-state index is -0.943. The quantitative estimate of drug-likeness (QED) is 0.721. The van der Waals surface area contributed by atoms with Crippen LogP contribution < -0.4 is 20.1 Å². The Balaban J connectivity index is 1.29. The van der Waals surface area contributed by atoms with Crippen molar-refractivity contribution in [3.63, 3.8) is 0 Å². The number of amides is 2. The number of hydrogen-bond acceptors (Lipinski definition) is 6. The Kier molecular flexibility index (Phi) is 4.69. The number of nitrogens with zero attached hydrogens (tertiary/aromatic N) is 1. The van der Waals surface area contributed by atoms with Crippen LogP contribution in [0.3, 0.4) is 0 Å². The maximum absolute atomic E-state index is 12.6. The van der Waals surface area contributed by atoms with E-state index in [0.29, 0.717) is 36.6 Å². The summed E-state index contributed by atoms with van der Waals surface area (Å²) in [6.07, 6.45) is 1.15. The Morgan fingerprint density at radius 3 is 2.62 bits per heavy atom. The molecule has 26 heavy (non-hydrogen) atoms. The van der Waals surface area contributed by atoms with Crippen molar-refractivity contribution in [3.8, 4) is 11.5 Å². The van der Waals surface area contributed by atoms with Gasteiger partial charge in [0.1, 0.15) is 5.41 Å². The number of carbonyl (C=O) groups excluding carboxylic acids is 2. The molecular weight excluding hydrogens is 338 g/mol. The molecule has 2 heterocycles. The van der Waals surface area contributed by atoms with Gasteiger partial charge >= 0.3 is 0 Å². The highest BCUT2D eigenvalue weighted by Crippen LogP contribution is 2.47. The molecule has 8 nitrogen and oxygen atoms in total. The number of ether oxygens (including phenoxy) is 3. The van der Waals surface area contributed by atoms with Gasteiger partial charge in [-0.25, -0.2) is 0 Å². The van der Waals surface area contributed by atoms with Crippen LogP contribution in [0, 0.1) is 5.41 Å². The van der Waals surface area contributed by atoms with Gasteiger partial charge in [0.25, 0.3) is 0 Å². The predicted molar refractivity (Wildman–Crippen MR) is 93.1 cm³/mol. The van der Waals surface area contributed by atoms with E-state index >= 15 is 0 Å². The normalized spacial score (nSPS) is 20.5. The second-order valence-corrected chi connectivity index (χ2v) is 6.81. The van der Waals surface area contributed by atoms with E-state index in [-0.39, 0.29) is 18.6 Å². The van der Waals surface area contributed by atoms with E-state index in [0.717, 1.165) is 32.8 Å². The van der Waals surface area contributed by atoms with E-state index in [1.165, 1.54) is 0 Å². The summed E-state index contributed by atoms with van der Waals surface area (Å²) < 4.78 is 15.9. The molecule has 3 aliphatic rings. The zero-order chi connectivity index (χ0) is 18.0. The molecule has 1 saturated carbocycles. The second-order valence-electron chi connectivity index (χ2n) is 6.81. The molecule has 1 aromatic rings. The molecule has 0 atom stereocenters. The lowest BCUT2D eigenvalue weighted by molar-refractivity contribution is -0.134. The average Bonchev–Trinajstić information content (AvgIpc) is 3.35. The predicted octanol–water partition coefficient (Wildman–Crippen LogP) is 0.582. The highest BCUT2D eigenvalue weighted by atomic mass is 16.7. The van der Waals surface area contributed by atoms with Gasteiger partial charge in [-0.2, -0.15) is 0 Å². The number of fused-ring (bicyclic) bond motifs is 1. The van der Waals surface area contributed by atoms with Crippen LogP contribution in [0.1, 0.15) is 12.8 Å². The summed E-state index contributed by atoms with van der Waals surface area (Å²) in [6.45, 7) is 4.72. The number of morpholine rings is 1. The van der Waals surface area contributed by atoms with Crippen LogP contribution in [0.15, 0.2) is 18.2 Å². The highest BCUT2D eigenvalue weighted by molar-refractivity contribution is 6.13. The maximum atomic E-state index is 12.6. The Morgan fingerprint density at radius 2 is 1.85 bits per heavy atom. The summed E-state index contributed by atoms with van der Waals surface area (Å²) in [5.41, 5.74) is -0.340. The lowest BCUT2D eigenvalue weighted by Crippen LogP contribution is -2.45. The number of hydrogen-bond donors (Lipinski definition) is 2. The van der Waals surface area contributed by atoms with Crippen molar-refractivity contribution in [2.24, 2.45) is 5.41 Å². The number of nitrogens with one attached hydrogen (secondary N) is 2. The van der Waals surface area contributed by atoms with Crippen LogP contribution in [0.4, 0.5) is 5.69 Å².